The van der Waals surface area contributed by atoms with E-state index < -0.39 is 0 Å². The van der Waals surface area contributed by atoms with Gasteiger partial charge in [-0.1, -0.05) is 58.8 Å². The molecule has 1 aliphatic carbocycles. The molecule has 0 aliphatic heterocycles. The molecule has 4 nitrogen and oxygen atoms in total. The van der Waals surface area contributed by atoms with Gasteiger partial charge in [0, 0.05) is 0 Å². The van der Waals surface area contributed by atoms with Crippen molar-refractivity contribution < 1.29 is 19.1 Å². The van der Waals surface area contributed by atoms with Crippen LogP contribution in [0.3, 0.4) is 0 Å². The standard InChI is InChI=1S/C23H42O4/c1-18(2)12-10-8-6-5-7-9-11-17-26-22(24)20-13-15-21(16-14-20)23(25)27-19(3)4/h18-21H,5-17H2,1-4H3. The molecular formula is C23H42O4. The van der Waals surface area contributed by atoms with Gasteiger partial charge in [0.25, 0.3) is 0 Å². The molecule has 158 valence electrons. The Kier molecular flexibility index (Phi) is 12.4. The third-order valence-electron chi connectivity index (χ3n) is 5.42. The zero-order valence-corrected chi connectivity index (χ0v) is 18.1. The topological polar surface area (TPSA) is 52.6 Å². The Labute approximate surface area is 166 Å². The maximum Gasteiger partial charge on any atom is 0.309 e. The predicted octanol–water partition coefficient (Wildman–Crippen LogP) is 6.06. The first-order chi connectivity index (χ1) is 12.9. The van der Waals surface area contributed by atoms with E-state index in [2.05, 4.69) is 13.8 Å². The summed E-state index contributed by atoms with van der Waals surface area (Å²) in [5.41, 5.74) is 0. The fourth-order valence-electron chi connectivity index (χ4n) is 3.72. The average molecular weight is 383 g/mol. The van der Waals surface area contributed by atoms with Crippen LogP contribution in [0.1, 0.15) is 105 Å². The molecule has 27 heavy (non-hydrogen) atoms. The summed E-state index contributed by atoms with van der Waals surface area (Å²) in [5.74, 6) is 0.565. The van der Waals surface area contributed by atoms with Crippen molar-refractivity contribution in [3.63, 3.8) is 0 Å². The van der Waals surface area contributed by atoms with E-state index in [1.165, 1.54) is 38.5 Å². The SMILES string of the molecule is CC(C)CCCCCCCCCOC(=O)C1CCC(C(=O)OC(C)C)CC1. The molecule has 0 aromatic heterocycles. The zero-order valence-electron chi connectivity index (χ0n) is 18.1. The van der Waals surface area contributed by atoms with Crippen LogP contribution in [0.15, 0.2) is 0 Å². The molecule has 0 bridgehead atoms. The van der Waals surface area contributed by atoms with Gasteiger partial charge < -0.3 is 9.47 Å². The third-order valence-corrected chi connectivity index (χ3v) is 5.42. The first kappa shape index (κ1) is 24.0. The number of ether oxygens (including phenoxy) is 2. The van der Waals surface area contributed by atoms with Gasteiger partial charge in [-0.15, -0.1) is 0 Å². The lowest BCUT2D eigenvalue weighted by atomic mass is 9.82. The third kappa shape index (κ3) is 11.4. The number of rotatable bonds is 13. The second kappa shape index (κ2) is 14.0. The summed E-state index contributed by atoms with van der Waals surface area (Å²) in [6.07, 6.45) is 12.9. The maximum atomic E-state index is 12.2. The van der Waals surface area contributed by atoms with Gasteiger partial charge in [0.1, 0.15) is 0 Å². The fourth-order valence-corrected chi connectivity index (χ4v) is 3.72. The van der Waals surface area contributed by atoms with Gasteiger partial charge >= 0.3 is 11.9 Å². The average Bonchev–Trinajstić information content (AvgIpc) is 2.62. The van der Waals surface area contributed by atoms with Crippen molar-refractivity contribution >= 4 is 11.9 Å². The predicted molar refractivity (Wildman–Crippen MR) is 109 cm³/mol. The molecule has 0 heterocycles. The van der Waals surface area contributed by atoms with Crippen molar-refractivity contribution in [3.05, 3.63) is 0 Å². The Morgan fingerprint density at radius 1 is 0.741 bits per heavy atom. The van der Waals surface area contributed by atoms with E-state index in [9.17, 15) is 9.59 Å². The van der Waals surface area contributed by atoms with E-state index in [4.69, 9.17) is 9.47 Å². The van der Waals surface area contributed by atoms with E-state index >= 15 is 0 Å². The molecule has 4 heteroatoms. The van der Waals surface area contributed by atoms with Crippen LogP contribution in [0.2, 0.25) is 0 Å². The number of carbonyl (C=O) groups is 2. The monoisotopic (exact) mass is 382 g/mol. The Morgan fingerprint density at radius 3 is 1.74 bits per heavy atom. The Bertz CT molecular complexity index is 409. The zero-order chi connectivity index (χ0) is 20.1. The highest BCUT2D eigenvalue weighted by atomic mass is 16.5. The molecule has 0 N–H and O–H groups in total. The van der Waals surface area contributed by atoms with E-state index in [1.807, 2.05) is 13.8 Å². The van der Waals surface area contributed by atoms with Crippen molar-refractivity contribution in [3.8, 4) is 0 Å². The van der Waals surface area contributed by atoms with Gasteiger partial charge in [-0.3, -0.25) is 9.59 Å². The highest BCUT2D eigenvalue weighted by molar-refractivity contribution is 5.75. The minimum Gasteiger partial charge on any atom is -0.465 e. The van der Waals surface area contributed by atoms with Crippen LogP contribution >= 0.6 is 0 Å². The van der Waals surface area contributed by atoms with Crippen molar-refractivity contribution in [1.82, 2.24) is 0 Å². The van der Waals surface area contributed by atoms with Crippen LogP contribution < -0.4 is 0 Å². The molecule has 0 aromatic carbocycles. The molecule has 1 rings (SSSR count). The highest BCUT2D eigenvalue weighted by Gasteiger charge is 2.31. The van der Waals surface area contributed by atoms with E-state index in [0.717, 1.165) is 44.4 Å². The van der Waals surface area contributed by atoms with Crippen LogP contribution in [0.5, 0.6) is 0 Å². The molecule has 0 radical (unpaired) electrons. The summed E-state index contributed by atoms with van der Waals surface area (Å²) in [6.45, 7) is 8.85. The summed E-state index contributed by atoms with van der Waals surface area (Å²) >= 11 is 0. The smallest absolute Gasteiger partial charge is 0.309 e. The van der Waals surface area contributed by atoms with Gasteiger partial charge in [0.15, 0.2) is 0 Å². The molecule has 1 saturated carbocycles. The summed E-state index contributed by atoms with van der Waals surface area (Å²) < 4.78 is 10.7. The quantitative estimate of drug-likeness (QED) is 0.287. The number of hydrogen-bond donors (Lipinski definition) is 0. The van der Waals surface area contributed by atoms with Crippen LogP contribution in [0.25, 0.3) is 0 Å². The van der Waals surface area contributed by atoms with Crippen molar-refractivity contribution in [2.45, 2.75) is 111 Å². The lowest BCUT2D eigenvalue weighted by Gasteiger charge is -2.26. The summed E-state index contributed by atoms with van der Waals surface area (Å²) in [7, 11) is 0. The number of unbranched alkanes of at least 4 members (excludes halogenated alkanes) is 6. The van der Waals surface area contributed by atoms with E-state index in [-0.39, 0.29) is 29.9 Å². The van der Waals surface area contributed by atoms with Gasteiger partial charge in [-0.25, -0.2) is 0 Å². The molecule has 0 unspecified atom stereocenters. The molecule has 0 aromatic rings. The largest absolute Gasteiger partial charge is 0.465 e. The normalized spacial score (nSPS) is 20.1. The Balaban J connectivity index is 1.99. The lowest BCUT2D eigenvalue weighted by molar-refractivity contribution is -0.157. The molecule has 0 amide bonds. The van der Waals surface area contributed by atoms with Crippen LogP contribution in [-0.4, -0.2) is 24.6 Å². The van der Waals surface area contributed by atoms with Crippen LogP contribution in [0, 0.1) is 17.8 Å². The maximum absolute atomic E-state index is 12.2. The first-order valence-corrected chi connectivity index (χ1v) is 11.3. The first-order valence-electron chi connectivity index (χ1n) is 11.3. The summed E-state index contributed by atoms with van der Waals surface area (Å²) in [6, 6.07) is 0. The summed E-state index contributed by atoms with van der Waals surface area (Å²) in [4.78, 5) is 24.1. The van der Waals surface area contributed by atoms with E-state index in [0.29, 0.717) is 6.61 Å². The molecule has 0 spiro atoms. The molecule has 0 atom stereocenters. The molecule has 0 saturated heterocycles. The molecular weight excluding hydrogens is 340 g/mol. The lowest BCUT2D eigenvalue weighted by Crippen LogP contribution is -2.29. The van der Waals surface area contributed by atoms with Gasteiger partial charge in [0.05, 0.1) is 24.5 Å². The second-order valence-electron chi connectivity index (χ2n) is 8.86. The highest BCUT2D eigenvalue weighted by Crippen LogP contribution is 2.30. The summed E-state index contributed by atoms with van der Waals surface area (Å²) in [5, 5.41) is 0. The van der Waals surface area contributed by atoms with Crippen molar-refractivity contribution in [1.29, 1.82) is 0 Å². The van der Waals surface area contributed by atoms with E-state index in [1.54, 1.807) is 0 Å². The van der Waals surface area contributed by atoms with Gasteiger partial charge in [-0.2, -0.15) is 0 Å². The van der Waals surface area contributed by atoms with Crippen molar-refractivity contribution in [2.75, 3.05) is 6.61 Å². The minimum absolute atomic E-state index is 0.0333. The Hall–Kier alpha value is -1.06. The van der Waals surface area contributed by atoms with Crippen LogP contribution in [0.4, 0.5) is 0 Å². The molecule has 1 aliphatic rings. The van der Waals surface area contributed by atoms with Gasteiger partial charge in [0.2, 0.25) is 0 Å². The number of hydrogen-bond acceptors (Lipinski definition) is 4. The van der Waals surface area contributed by atoms with Gasteiger partial charge in [-0.05, 0) is 51.9 Å². The van der Waals surface area contributed by atoms with Crippen LogP contribution in [-0.2, 0) is 19.1 Å². The number of esters is 2. The second-order valence-corrected chi connectivity index (χ2v) is 8.86. The van der Waals surface area contributed by atoms with Crippen molar-refractivity contribution in [2.24, 2.45) is 17.8 Å². The molecule has 1 fully saturated rings. The fraction of sp³-hybridized carbons (Fsp3) is 0.913. The number of carbonyl (C=O) groups excluding carboxylic acids is 2. The Morgan fingerprint density at radius 2 is 1.22 bits per heavy atom. The minimum atomic E-state index is -0.110.